The van der Waals surface area contributed by atoms with Crippen LogP contribution in [-0.4, -0.2) is 42.4 Å². The van der Waals surface area contributed by atoms with E-state index in [4.69, 9.17) is 0 Å². The van der Waals surface area contributed by atoms with Crippen LogP contribution in [0.15, 0.2) is 30.3 Å². The van der Waals surface area contributed by atoms with E-state index in [1.807, 2.05) is 37.3 Å². The van der Waals surface area contributed by atoms with E-state index in [9.17, 15) is 14.4 Å². The number of carbonyl (C=O) groups excluding carboxylic acids is 3. The van der Waals surface area contributed by atoms with E-state index in [-0.39, 0.29) is 23.7 Å². The first kappa shape index (κ1) is 21.8. The molecule has 1 saturated heterocycles. The SMILES string of the molecule is Cc1cccc(NC(=O)Nc2sc(C(C)(C)C)cc2C(=O)N2CCNC(=O)CC2)c1. The van der Waals surface area contributed by atoms with E-state index in [0.717, 1.165) is 10.4 Å². The Labute approximate surface area is 180 Å². The van der Waals surface area contributed by atoms with Gasteiger partial charge in [-0.25, -0.2) is 4.79 Å². The summed E-state index contributed by atoms with van der Waals surface area (Å²) in [4.78, 5) is 40.1. The van der Waals surface area contributed by atoms with Gasteiger partial charge in [0.1, 0.15) is 5.00 Å². The molecule has 1 aromatic heterocycles. The van der Waals surface area contributed by atoms with Crippen LogP contribution in [0.4, 0.5) is 15.5 Å². The van der Waals surface area contributed by atoms with Gasteiger partial charge in [0.25, 0.3) is 5.91 Å². The number of thiophene rings is 1. The highest BCUT2D eigenvalue weighted by atomic mass is 32.1. The number of nitrogens with one attached hydrogen (secondary N) is 3. The molecular weight excluding hydrogens is 400 g/mol. The van der Waals surface area contributed by atoms with E-state index in [1.165, 1.54) is 11.3 Å². The Morgan fingerprint density at radius 3 is 2.60 bits per heavy atom. The first-order valence-electron chi connectivity index (χ1n) is 9.98. The number of hydrogen-bond donors (Lipinski definition) is 3. The molecule has 2 heterocycles. The van der Waals surface area contributed by atoms with Crippen LogP contribution >= 0.6 is 11.3 Å². The molecule has 0 aliphatic carbocycles. The summed E-state index contributed by atoms with van der Waals surface area (Å²) in [7, 11) is 0. The zero-order valence-corrected chi connectivity index (χ0v) is 18.6. The van der Waals surface area contributed by atoms with Gasteiger partial charge in [-0.1, -0.05) is 32.9 Å². The Morgan fingerprint density at radius 1 is 1.13 bits per heavy atom. The average molecular weight is 429 g/mol. The van der Waals surface area contributed by atoms with Crippen LogP contribution in [0.1, 0.15) is 48.0 Å². The normalized spacial score (nSPS) is 14.7. The Hall–Kier alpha value is -2.87. The van der Waals surface area contributed by atoms with Gasteiger partial charge in [-0.2, -0.15) is 0 Å². The third-order valence-electron chi connectivity index (χ3n) is 4.80. The number of urea groups is 1. The lowest BCUT2D eigenvalue weighted by atomic mass is 9.94. The number of hydrogen-bond acceptors (Lipinski definition) is 4. The zero-order valence-electron chi connectivity index (χ0n) is 17.8. The van der Waals surface area contributed by atoms with E-state index >= 15 is 0 Å². The first-order chi connectivity index (χ1) is 14.1. The van der Waals surface area contributed by atoms with Crippen LogP contribution in [0.25, 0.3) is 0 Å². The number of amides is 4. The molecule has 3 N–H and O–H groups in total. The average Bonchev–Trinajstić information content (AvgIpc) is 2.95. The molecule has 8 heteroatoms. The maximum Gasteiger partial charge on any atom is 0.324 e. The molecule has 30 heavy (non-hydrogen) atoms. The molecule has 7 nitrogen and oxygen atoms in total. The molecule has 0 unspecified atom stereocenters. The van der Waals surface area contributed by atoms with Crippen molar-refractivity contribution in [2.75, 3.05) is 30.3 Å². The maximum atomic E-state index is 13.2. The van der Waals surface area contributed by atoms with Crippen LogP contribution in [0.2, 0.25) is 0 Å². The van der Waals surface area contributed by atoms with Crippen LogP contribution in [0.5, 0.6) is 0 Å². The molecule has 0 spiro atoms. The van der Waals surface area contributed by atoms with Gasteiger partial charge in [0, 0.05) is 36.6 Å². The van der Waals surface area contributed by atoms with Crippen molar-refractivity contribution in [2.24, 2.45) is 0 Å². The third-order valence-corrected chi connectivity index (χ3v) is 6.28. The maximum absolute atomic E-state index is 13.2. The topological polar surface area (TPSA) is 90.5 Å². The highest BCUT2D eigenvalue weighted by Crippen LogP contribution is 2.37. The number of carbonyl (C=O) groups is 3. The molecule has 1 aliphatic heterocycles. The molecule has 1 aromatic carbocycles. The molecule has 0 radical (unpaired) electrons. The Kier molecular flexibility index (Phi) is 6.45. The van der Waals surface area contributed by atoms with Gasteiger partial charge in [-0.3, -0.25) is 14.9 Å². The molecule has 1 aliphatic rings. The molecule has 1 fully saturated rings. The molecule has 0 saturated carbocycles. The molecule has 2 aromatic rings. The zero-order chi connectivity index (χ0) is 21.9. The van der Waals surface area contributed by atoms with Gasteiger partial charge in [0.2, 0.25) is 5.91 Å². The van der Waals surface area contributed by atoms with Crippen molar-refractivity contribution < 1.29 is 14.4 Å². The second-order valence-corrected chi connectivity index (χ2v) is 9.50. The molecular formula is C22H28N4O3S. The monoisotopic (exact) mass is 428 g/mol. The van der Waals surface area contributed by atoms with Crippen LogP contribution < -0.4 is 16.0 Å². The molecule has 3 rings (SSSR count). The number of anilines is 2. The smallest absolute Gasteiger partial charge is 0.324 e. The van der Waals surface area contributed by atoms with Crippen molar-refractivity contribution >= 4 is 39.9 Å². The summed E-state index contributed by atoms with van der Waals surface area (Å²) >= 11 is 1.40. The minimum Gasteiger partial charge on any atom is -0.354 e. The van der Waals surface area contributed by atoms with E-state index in [0.29, 0.717) is 35.9 Å². The number of nitrogens with zero attached hydrogens (tertiary/aromatic N) is 1. The molecule has 4 amide bonds. The quantitative estimate of drug-likeness (QED) is 0.691. The van der Waals surface area contributed by atoms with Crippen LogP contribution in [0.3, 0.4) is 0 Å². The largest absolute Gasteiger partial charge is 0.354 e. The highest BCUT2D eigenvalue weighted by molar-refractivity contribution is 7.16. The summed E-state index contributed by atoms with van der Waals surface area (Å²) in [5.41, 5.74) is 2.02. The fourth-order valence-corrected chi connectivity index (χ4v) is 4.24. The fourth-order valence-electron chi connectivity index (χ4n) is 3.14. The third kappa shape index (κ3) is 5.38. The van der Waals surface area contributed by atoms with Gasteiger partial charge >= 0.3 is 6.03 Å². The predicted molar refractivity (Wildman–Crippen MR) is 120 cm³/mol. The van der Waals surface area contributed by atoms with Crippen LogP contribution in [0, 0.1) is 6.92 Å². The van der Waals surface area contributed by atoms with Crippen molar-refractivity contribution in [1.29, 1.82) is 0 Å². The minimum absolute atomic E-state index is 0.0538. The second-order valence-electron chi connectivity index (χ2n) is 8.44. The van der Waals surface area contributed by atoms with Gasteiger partial charge in [-0.05, 0) is 36.1 Å². The van der Waals surface area contributed by atoms with Crippen molar-refractivity contribution in [3.8, 4) is 0 Å². The van der Waals surface area contributed by atoms with Crippen LogP contribution in [-0.2, 0) is 10.2 Å². The van der Waals surface area contributed by atoms with E-state index < -0.39 is 6.03 Å². The molecule has 0 bridgehead atoms. The van der Waals surface area contributed by atoms with Gasteiger partial charge in [0.05, 0.1) is 5.56 Å². The summed E-state index contributed by atoms with van der Waals surface area (Å²) < 4.78 is 0. The fraction of sp³-hybridized carbons (Fsp3) is 0.409. The van der Waals surface area contributed by atoms with Gasteiger partial charge < -0.3 is 15.5 Å². The van der Waals surface area contributed by atoms with Crippen molar-refractivity contribution in [2.45, 2.75) is 39.5 Å². The van der Waals surface area contributed by atoms with Crippen molar-refractivity contribution in [3.05, 3.63) is 46.3 Å². The summed E-state index contributed by atoms with van der Waals surface area (Å²) in [6.45, 7) is 9.39. The summed E-state index contributed by atoms with van der Waals surface area (Å²) in [5, 5.41) is 8.96. The lowest BCUT2D eigenvalue weighted by molar-refractivity contribution is -0.120. The number of benzene rings is 1. The standard InChI is InChI=1S/C22H28N4O3S/c1-14-6-5-7-15(12-14)24-21(29)25-19-16(13-17(30-19)22(2,3)4)20(28)26-10-8-18(27)23-9-11-26/h5-7,12-13H,8-11H2,1-4H3,(H,23,27)(H2,24,25,29). The highest BCUT2D eigenvalue weighted by Gasteiger charge is 2.27. The van der Waals surface area contributed by atoms with Gasteiger partial charge in [-0.15, -0.1) is 11.3 Å². The number of rotatable bonds is 3. The second kappa shape index (κ2) is 8.87. The lowest BCUT2D eigenvalue weighted by Crippen LogP contribution is -2.34. The summed E-state index contributed by atoms with van der Waals surface area (Å²) in [5.74, 6) is -0.231. The predicted octanol–water partition coefficient (Wildman–Crippen LogP) is 3.96. The summed E-state index contributed by atoms with van der Waals surface area (Å²) in [6, 6.07) is 8.98. The first-order valence-corrected chi connectivity index (χ1v) is 10.8. The van der Waals surface area contributed by atoms with Crippen molar-refractivity contribution in [1.82, 2.24) is 10.2 Å². The van der Waals surface area contributed by atoms with E-state index in [2.05, 4.69) is 36.7 Å². The summed E-state index contributed by atoms with van der Waals surface area (Å²) in [6.07, 6.45) is 0.276. The molecule has 160 valence electrons. The Morgan fingerprint density at radius 2 is 1.90 bits per heavy atom. The number of aryl methyl sites for hydroxylation is 1. The molecule has 0 atom stereocenters. The van der Waals surface area contributed by atoms with E-state index in [1.54, 1.807) is 4.90 Å². The Balaban J connectivity index is 1.83. The van der Waals surface area contributed by atoms with Gasteiger partial charge in [0.15, 0.2) is 0 Å². The minimum atomic E-state index is -0.398. The lowest BCUT2D eigenvalue weighted by Gasteiger charge is -2.20. The van der Waals surface area contributed by atoms with Crippen molar-refractivity contribution in [3.63, 3.8) is 0 Å². The Bertz CT molecular complexity index is 962.